The normalized spacial score (nSPS) is 19.0. The molecule has 1 unspecified atom stereocenters. The minimum absolute atomic E-state index is 0.188. The van der Waals surface area contributed by atoms with Crippen LogP contribution in [0.1, 0.15) is 10.4 Å². The third kappa shape index (κ3) is 3.88. The highest BCUT2D eigenvalue weighted by Gasteiger charge is 2.43. The van der Waals surface area contributed by atoms with Crippen molar-refractivity contribution in [1.82, 2.24) is 0 Å². The first-order valence-corrected chi connectivity index (χ1v) is 8.02. The van der Waals surface area contributed by atoms with Gasteiger partial charge in [0.15, 0.2) is 5.78 Å². The Hall–Kier alpha value is -2.41. The van der Waals surface area contributed by atoms with Gasteiger partial charge in [-0.15, -0.1) is 0 Å². The SMILES string of the molecule is COC1=CC(OC)(OC)C(OC)C(C=CC(=O)c2ccccc2OC)=C1. The van der Waals surface area contributed by atoms with Crippen molar-refractivity contribution >= 4 is 5.78 Å². The molecule has 6 heteroatoms. The van der Waals surface area contributed by atoms with Crippen LogP contribution < -0.4 is 4.74 Å². The molecule has 0 radical (unpaired) electrons. The second kappa shape index (κ2) is 8.80. The molecule has 0 N–H and O–H groups in total. The minimum Gasteiger partial charge on any atom is -0.497 e. The first-order chi connectivity index (χ1) is 12.5. The molecule has 1 aromatic carbocycles. The standard InChI is InChI=1S/C20H24O6/c1-22-15-12-14(19(24-3)20(13-15,25-4)26-5)10-11-17(21)16-8-6-7-9-18(16)23-2/h6-13,19H,1-5H3. The number of hydrogen-bond acceptors (Lipinski definition) is 6. The fourth-order valence-electron chi connectivity index (χ4n) is 2.87. The molecule has 26 heavy (non-hydrogen) atoms. The third-order valence-corrected chi connectivity index (χ3v) is 4.23. The highest BCUT2D eigenvalue weighted by molar-refractivity contribution is 6.06. The van der Waals surface area contributed by atoms with Gasteiger partial charge < -0.3 is 23.7 Å². The minimum atomic E-state index is -1.15. The number of carbonyl (C=O) groups is 1. The number of allylic oxidation sites excluding steroid dienone is 2. The molecule has 1 aliphatic carbocycles. The molecular weight excluding hydrogens is 336 g/mol. The maximum Gasteiger partial charge on any atom is 0.222 e. The summed E-state index contributed by atoms with van der Waals surface area (Å²) in [5.41, 5.74) is 1.16. The number of para-hydroxylation sites is 1. The average Bonchev–Trinajstić information content (AvgIpc) is 2.70. The summed E-state index contributed by atoms with van der Waals surface area (Å²) in [6.07, 6.45) is 6.03. The Morgan fingerprint density at radius 1 is 1.04 bits per heavy atom. The van der Waals surface area contributed by atoms with Crippen molar-refractivity contribution in [1.29, 1.82) is 0 Å². The molecule has 0 saturated carbocycles. The summed E-state index contributed by atoms with van der Waals surface area (Å²) >= 11 is 0. The van der Waals surface area contributed by atoms with E-state index in [0.29, 0.717) is 22.6 Å². The van der Waals surface area contributed by atoms with Crippen molar-refractivity contribution in [2.75, 3.05) is 35.5 Å². The van der Waals surface area contributed by atoms with E-state index >= 15 is 0 Å². The van der Waals surface area contributed by atoms with Crippen LogP contribution in [0.25, 0.3) is 0 Å². The molecule has 1 atom stereocenters. The number of ether oxygens (including phenoxy) is 5. The summed E-state index contributed by atoms with van der Waals surface area (Å²) in [4.78, 5) is 12.6. The van der Waals surface area contributed by atoms with E-state index in [9.17, 15) is 4.79 Å². The van der Waals surface area contributed by atoms with Gasteiger partial charge in [-0.1, -0.05) is 18.2 Å². The van der Waals surface area contributed by atoms with E-state index in [4.69, 9.17) is 23.7 Å². The number of rotatable bonds is 8. The number of carbonyl (C=O) groups excluding carboxylic acids is 1. The Morgan fingerprint density at radius 3 is 2.31 bits per heavy atom. The second-order valence-electron chi connectivity index (χ2n) is 5.54. The Bertz CT molecular complexity index is 728. The second-order valence-corrected chi connectivity index (χ2v) is 5.54. The van der Waals surface area contributed by atoms with E-state index in [1.165, 1.54) is 27.4 Å². The monoisotopic (exact) mass is 360 g/mol. The van der Waals surface area contributed by atoms with Crippen molar-refractivity contribution in [3.05, 3.63) is 65.5 Å². The maximum absolute atomic E-state index is 12.6. The van der Waals surface area contributed by atoms with Crippen molar-refractivity contribution in [2.24, 2.45) is 0 Å². The summed E-state index contributed by atoms with van der Waals surface area (Å²) < 4.78 is 27.2. The first-order valence-electron chi connectivity index (χ1n) is 8.02. The van der Waals surface area contributed by atoms with E-state index < -0.39 is 11.9 Å². The van der Waals surface area contributed by atoms with Gasteiger partial charge >= 0.3 is 0 Å². The maximum atomic E-state index is 12.6. The zero-order chi connectivity index (χ0) is 19.2. The Labute approximate surface area is 153 Å². The molecule has 0 saturated heterocycles. The van der Waals surface area contributed by atoms with Crippen LogP contribution in [0.15, 0.2) is 59.9 Å². The zero-order valence-electron chi connectivity index (χ0n) is 15.6. The van der Waals surface area contributed by atoms with Crippen LogP contribution >= 0.6 is 0 Å². The number of benzene rings is 1. The van der Waals surface area contributed by atoms with E-state index in [0.717, 1.165) is 0 Å². The van der Waals surface area contributed by atoms with E-state index in [1.54, 1.807) is 50.6 Å². The van der Waals surface area contributed by atoms with Gasteiger partial charge in [0.1, 0.15) is 17.6 Å². The predicted molar refractivity (Wildman–Crippen MR) is 97.2 cm³/mol. The molecule has 0 spiro atoms. The highest BCUT2D eigenvalue weighted by Crippen LogP contribution is 2.33. The summed E-state index contributed by atoms with van der Waals surface area (Å²) in [5, 5.41) is 0. The lowest BCUT2D eigenvalue weighted by atomic mass is 9.93. The highest BCUT2D eigenvalue weighted by atomic mass is 16.7. The van der Waals surface area contributed by atoms with Gasteiger partial charge in [0.25, 0.3) is 0 Å². The Kier molecular flexibility index (Phi) is 6.74. The molecule has 6 nitrogen and oxygen atoms in total. The average molecular weight is 360 g/mol. The topological polar surface area (TPSA) is 63.2 Å². The van der Waals surface area contributed by atoms with E-state index in [-0.39, 0.29) is 5.78 Å². The van der Waals surface area contributed by atoms with Crippen LogP contribution in [0.2, 0.25) is 0 Å². The molecule has 1 aromatic rings. The van der Waals surface area contributed by atoms with Crippen molar-refractivity contribution in [2.45, 2.75) is 11.9 Å². The Balaban J connectivity index is 2.36. The van der Waals surface area contributed by atoms with Crippen LogP contribution in [0.5, 0.6) is 5.75 Å². The van der Waals surface area contributed by atoms with Crippen molar-refractivity contribution in [3.8, 4) is 5.75 Å². The number of hydrogen-bond donors (Lipinski definition) is 0. The van der Waals surface area contributed by atoms with Gasteiger partial charge in [-0.25, -0.2) is 0 Å². The predicted octanol–water partition coefficient (Wildman–Crippen LogP) is 2.91. The van der Waals surface area contributed by atoms with Gasteiger partial charge in [-0.05, 0) is 29.9 Å². The summed E-state index contributed by atoms with van der Waals surface area (Å²) in [7, 11) is 7.67. The summed E-state index contributed by atoms with van der Waals surface area (Å²) in [5.74, 6) is -0.274. The number of methoxy groups -OCH3 is 5. The molecule has 0 bridgehead atoms. The van der Waals surface area contributed by atoms with Gasteiger partial charge in [0, 0.05) is 27.4 Å². The van der Waals surface area contributed by atoms with Gasteiger partial charge in [0.05, 0.1) is 19.8 Å². The summed E-state index contributed by atoms with van der Waals surface area (Å²) in [6.45, 7) is 0. The van der Waals surface area contributed by atoms with Crippen LogP contribution in [0, 0.1) is 0 Å². The lowest BCUT2D eigenvalue weighted by Crippen LogP contribution is -2.48. The molecule has 0 heterocycles. The lowest BCUT2D eigenvalue weighted by Gasteiger charge is -2.38. The van der Waals surface area contributed by atoms with Gasteiger partial charge in [-0.3, -0.25) is 4.79 Å². The lowest BCUT2D eigenvalue weighted by molar-refractivity contribution is -0.224. The fourth-order valence-corrected chi connectivity index (χ4v) is 2.87. The van der Waals surface area contributed by atoms with E-state index in [1.807, 2.05) is 6.07 Å². The zero-order valence-corrected chi connectivity index (χ0v) is 15.6. The third-order valence-electron chi connectivity index (χ3n) is 4.23. The smallest absolute Gasteiger partial charge is 0.222 e. The molecule has 0 fully saturated rings. The van der Waals surface area contributed by atoms with Crippen molar-refractivity contribution in [3.63, 3.8) is 0 Å². The largest absolute Gasteiger partial charge is 0.497 e. The molecule has 1 aliphatic rings. The van der Waals surface area contributed by atoms with Gasteiger partial charge in [0.2, 0.25) is 5.79 Å². The quantitative estimate of drug-likeness (QED) is 0.404. The molecule has 2 rings (SSSR count). The molecular formula is C20H24O6. The summed E-state index contributed by atoms with van der Waals surface area (Å²) in [6, 6.07) is 7.05. The fraction of sp³-hybridized carbons (Fsp3) is 0.350. The molecule has 0 aliphatic heterocycles. The van der Waals surface area contributed by atoms with Crippen LogP contribution in [0.3, 0.4) is 0 Å². The first kappa shape index (κ1) is 19.9. The molecule has 140 valence electrons. The number of ketones is 1. The van der Waals surface area contributed by atoms with Crippen molar-refractivity contribution < 1.29 is 28.5 Å². The van der Waals surface area contributed by atoms with E-state index in [2.05, 4.69) is 0 Å². The molecule has 0 aromatic heterocycles. The molecule has 0 amide bonds. The van der Waals surface area contributed by atoms with Crippen LogP contribution in [0.4, 0.5) is 0 Å². The Morgan fingerprint density at radius 2 is 1.73 bits per heavy atom. The van der Waals surface area contributed by atoms with Crippen LogP contribution in [-0.2, 0) is 18.9 Å². The van der Waals surface area contributed by atoms with Gasteiger partial charge in [-0.2, -0.15) is 0 Å². The van der Waals surface area contributed by atoms with Crippen LogP contribution in [-0.4, -0.2) is 53.2 Å².